The Morgan fingerprint density at radius 3 is 2.58 bits per heavy atom. The minimum atomic E-state index is -3.67. The monoisotopic (exact) mass is 263 g/mol. The first kappa shape index (κ1) is 13.1. The van der Waals surface area contributed by atoms with Gasteiger partial charge in [0.25, 0.3) is 0 Å². The molecule has 0 saturated carbocycles. The smallest absolute Gasteiger partial charge is 0.395 e. The van der Waals surface area contributed by atoms with Crippen molar-refractivity contribution in [3.63, 3.8) is 0 Å². The minimum absolute atomic E-state index is 0.0322. The summed E-state index contributed by atoms with van der Waals surface area (Å²) in [6, 6.07) is 6.61. The molecule has 0 saturated heterocycles. The normalized spacial score (nSPS) is 17.2. The number of fused-ring (bicyclic) bond motifs is 1. The van der Waals surface area contributed by atoms with Crippen LogP contribution in [0.15, 0.2) is 35.9 Å². The van der Waals surface area contributed by atoms with Crippen LogP contribution in [0.2, 0.25) is 0 Å². The molecule has 1 aliphatic rings. The molecule has 0 spiro atoms. The SMILES string of the molecule is CC=C(C#N)C(=CC)c1cccc2c1OC(F)(F)O2. The van der Waals surface area contributed by atoms with Gasteiger partial charge in [0.1, 0.15) is 0 Å². The highest BCUT2D eigenvalue weighted by molar-refractivity contribution is 5.86. The Bertz CT molecular complexity index is 612. The summed E-state index contributed by atoms with van der Waals surface area (Å²) in [4.78, 5) is 0. The predicted molar refractivity (Wildman–Crippen MR) is 65.7 cm³/mol. The molecule has 0 aromatic heterocycles. The quantitative estimate of drug-likeness (QED) is 0.600. The molecule has 1 aromatic carbocycles. The number of para-hydroxylation sites is 1. The molecule has 0 unspecified atom stereocenters. The molecule has 0 amide bonds. The molecule has 1 heterocycles. The number of hydrogen-bond donors (Lipinski definition) is 0. The van der Waals surface area contributed by atoms with Crippen LogP contribution in [0.25, 0.3) is 5.57 Å². The molecule has 0 bridgehead atoms. The van der Waals surface area contributed by atoms with Gasteiger partial charge in [-0.2, -0.15) is 5.26 Å². The largest absolute Gasteiger partial charge is 0.586 e. The zero-order chi connectivity index (χ0) is 14.0. The summed E-state index contributed by atoms with van der Waals surface area (Å²) in [6.45, 7) is 3.43. The summed E-state index contributed by atoms with van der Waals surface area (Å²) in [5.41, 5.74) is 1.32. The zero-order valence-electron chi connectivity index (χ0n) is 10.4. The van der Waals surface area contributed by atoms with Crippen LogP contribution >= 0.6 is 0 Å². The number of ether oxygens (including phenoxy) is 2. The van der Waals surface area contributed by atoms with Crippen LogP contribution in [0.1, 0.15) is 19.4 Å². The zero-order valence-corrected chi connectivity index (χ0v) is 10.4. The second-order valence-electron chi connectivity index (χ2n) is 3.82. The Morgan fingerprint density at radius 2 is 2.00 bits per heavy atom. The molecule has 2 rings (SSSR count). The van der Waals surface area contributed by atoms with Crippen LogP contribution < -0.4 is 9.47 Å². The van der Waals surface area contributed by atoms with Gasteiger partial charge in [-0.1, -0.05) is 24.3 Å². The van der Waals surface area contributed by atoms with Crippen LogP contribution in [0, 0.1) is 11.3 Å². The fraction of sp³-hybridized carbons (Fsp3) is 0.214. The van der Waals surface area contributed by atoms with Gasteiger partial charge in [0.05, 0.1) is 11.6 Å². The highest BCUT2D eigenvalue weighted by Gasteiger charge is 2.44. The van der Waals surface area contributed by atoms with Crippen molar-refractivity contribution in [3.05, 3.63) is 41.5 Å². The lowest BCUT2D eigenvalue weighted by Crippen LogP contribution is -2.26. The fourth-order valence-electron chi connectivity index (χ4n) is 1.92. The molecule has 3 nitrogen and oxygen atoms in total. The van der Waals surface area contributed by atoms with E-state index in [2.05, 4.69) is 9.47 Å². The molecule has 0 aliphatic carbocycles. The van der Waals surface area contributed by atoms with E-state index in [-0.39, 0.29) is 11.5 Å². The van der Waals surface area contributed by atoms with Crippen molar-refractivity contribution in [1.82, 2.24) is 0 Å². The van der Waals surface area contributed by atoms with Gasteiger partial charge in [0.2, 0.25) is 0 Å². The maximum absolute atomic E-state index is 13.1. The predicted octanol–water partition coefficient (Wildman–Crippen LogP) is 3.88. The van der Waals surface area contributed by atoms with Gasteiger partial charge in [-0.25, -0.2) is 0 Å². The summed E-state index contributed by atoms with van der Waals surface area (Å²) in [6.07, 6.45) is -0.378. The van der Waals surface area contributed by atoms with Gasteiger partial charge in [-0.3, -0.25) is 0 Å². The number of halogens is 2. The van der Waals surface area contributed by atoms with Crippen LogP contribution in [0.5, 0.6) is 11.5 Å². The van der Waals surface area contributed by atoms with Crippen LogP contribution in [-0.4, -0.2) is 6.29 Å². The van der Waals surface area contributed by atoms with Gasteiger partial charge in [-0.15, -0.1) is 8.78 Å². The summed E-state index contributed by atoms with van der Waals surface area (Å²) < 4.78 is 35.1. The third kappa shape index (κ3) is 2.29. The van der Waals surface area contributed by atoms with E-state index in [4.69, 9.17) is 5.26 Å². The Labute approximate surface area is 109 Å². The van der Waals surface area contributed by atoms with Crippen molar-refractivity contribution >= 4 is 5.57 Å². The molecular weight excluding hydrogens is 252 g/mol. The van der Waals surface area contributed by atoms with E-state index in [0.717, 1.165) is 0 Å². The van der Waals surface area contributed by atoms with Crippen LogP contribution in [0.3, 0.4) is 0 Å². The van der Waals surface area contributed by atoms with E-state index in [9.17, 15) is 8.78 Å². The maximum atomic E-state index is 13.1. The highest BCUT2D eigenvalue weighted by Crippen LogP contribution is 2.46. The number of benzene rings is 1. The lowest BCUT2D eigenvalue weighted by atomic mass is 9.97. The van der Waals surface area contributed by atoms with Crippen LogP contribution in [0.4, 0.5) is 8.78 Å². The first-order valence-corrected chi connectivity index (χ1v) is 5.64. The van der Waals surface area contributed by atoms with Crippen molar-refractivity contribution in [1.29, 1.82) is 5.26 Å². The van der Waals surface area contributed by atoms with E-state index in [1.54, 1.807) is 38.1 Å². The van der Waals surface area contributed by atoms with Crippen molar-refractivity contribution in [2.24, 2.45) is 0 Å². The number of rotatable bonds is 2. The Hall–Kier alpha value is -2.35. The molecule has 1 aliphatic heterocycles. The second-order valence-corrected chi connectivity index (χ2v) is 3.82. The second kappa shape index (κ2) is 4.73. The van der Waals surface area contributed by atoms with Crippen LogP contribution in [-0.2, 0) is 0 Å². The Balaban J connectivity index is 2.56. The molecule has 19 heavy (non-hydrogen) atoms. The van der Waals surface area contributed by atoms with Gasteiger partial charge >= 0.3 is 6.29 Å². The average molecular weight is 263 g/mol. The lowest BCUT2D eigenvalue weighted by molar-refractivity contribution is -0.286. The lowest BCUT2D eigenvalue weighted by Gasteiger charge is -2.09. The molecular formula is C14H11F2NO2. The van der Waals surface area contributed by atoms with E-state index in [1.165, 1.54) is 6.07 Å². The van der Waals surface area contributed by atoms with Gasteiger partial charge in [0.15, 0.2) is 11.5 Å². The molecule has 0 N–H and O–H groups in total. The van der Waals surface area contributed by atoms with E-state index in [1.807, 2.05) is 6.07 Å². The number of allylic oxidation sites excluding steroid dienone is 4. The summed E-state index contributed by atoms with van der Waals surface area (Å²) in [5, 5.41) is 9.06. The summed E-state index contributed by atoms with van der Waals surface area (Å²) in [5.74, 6) is -0.0783. The van der Waals surface area contributed by atoms with Gasteiger partial charge in [0, 0.05) is 5.56 Å². The summed E-state index contributed by atoms with van der Waals surface area (Å²) >= 11 is 0. The fourth-order valence-corrected chi connectivity index (χ4v) is 1.92. The molecule has 98 valence electrons. The maximum Gasteiger partial charge on any atom is 0.586 e. The summed E-state index contributed by atoms with van der Waals surface area (Å²) in [7, 11) is 0. The first-order chi connectivity index (χ1) is 9.02. The average Bonchev–Trinajstić information content (AvgIpc) is 2.69. The van der Waals surface area contributed by atoms with E-state index >= 15 is 0 Å². The third-order valence-corrected chi connectivity index (χ3v) is 2.71. The standard InChI is InChI=1S/C14H11F2NO2/c1-3-9(8-17)10(4-2)11-6-5-7-12-13(11)19-14(15,16)18-12/h3-7H,1-2H3. The van der Waals surface area contributed by atoms with Crippen molar-refractivity contribution in [2.75, 3.05) is 0 Å². The van der Waals surface area contributed by atoms with Gasteiger partial charge < -0.3 is 9.47 Å². The number of alkyl halides is 2. The first-order valence-electron chi connectivity index (χ1n) is 5.64. The molecule has 1 aromatic rings. The Morgan fingerprint density at radius 1 is 1.26 bits per heavy atom. The van der Waals surface area contributed by atoms with Gasteiger partial charge in [-0.05, 0) is 25.5 Å². The topological polar surface area (TPSA) is 42.2 Å². The van der Waals surface area contributed by atoms with E-state index < -0.39 is 6.29 Å². The number of nitrogens with zero attached hydrogens (tertiary/aromatic N) is 1. The van der Waals surface area contributed by atoms with Crippen molar-refractivity contribution in [2.45, 2.75) is 20.1 Å². The third-order valence-electron chi connectivity index (χ3n) is 2.71. The highest BCUT2D eigenvalue weighted by atomic mass is 19.3. The van der Waals surface area contributed by atoms with Crippen molar-refractivity contribution < 1.29 is 18.3 Å². The molecule has 0 atom stereocenters. The molecule has 0 radical (unpaired) electrons. The minimum Gasteiger partial charge on any atom is -0.395 e. The Kier molecular flexibility index (Phi) is 3.26. The number of nitriles is 1. The van der Waals surface area contributed by atoms with Crippen molar-refractivity contribution in [3.8, 4) is 17.6 Å². The molecule has 5 heteroatoms. The molecule has 0 fully saturated rings. The van der Waals surface area contributed by atoms with E-state index in [0.29, 0.717) is 16.7 Å². The number of hydrogen-bond acceptors (Lipinski definition) is 3.